The SMILES string of the molecule is CC(C)n1c(=O)sc2cc(NC(=O)[C@H]3CCCN(S(=O)(=O)N(C)C)C3)ccc21. The number of rotatable bonds is 5. The quantitative estimate of drug-likeness (QED) is 0.793. The van der Waals surface area contributed by atoms with Crippen molar-refractivity contribution in [3.63, 3.8) is 0 Å². The number of nitrogens with zero attached hydrogens (tertiary/aromatic N) is 3. The molecule has 154 valence electrons. The van der Waals surface area contributed by atoms with Crippen LogP contribution in [-0.4, -0.2) is 54.7 Å². The molecule has 1 amide bonds. The van der Waals surface area contributed by atoms with Gasteiger partial charge >= 0.3 is 4.87 Å². The van der Waals surface area contributed by atoms with E-state index in [1.54, 1.807) is 16.7 Å². The number of anilines is 1. The van der Waals surface area contributed by atoms with Gasteiger partial charge in [0, 0.05) is 38.9 Å². The molecule has 2 heterocycles. The second-order valence-corrected chi connectivity index (χ2v) is 10.6. The average Bonchev–Trinajstić information content (AvgIpc) is 2.96. The van der Waals surface area contributed by atoms with Crippen LogP contribution in [0.3, 0.4) is 0 Å². The van der Waals surface area contributed by atoms with E-state index in [0.29, 0.717) is 25.1 Å². The molecule has 28 heavy (non-hydrogen) atoms. The minimum absolute atomic E-state index is 0.0229. The fourth-order valence-electron chi connectivity index (χ4n) is 3.44. The maximum Gasteiger partial charge on any atom is 0.308 e. The number of carbonyl (C=O) groups excluding carboxylic acids is 1. The van der Waals surface area contributed by atoms with Gasteiger partial charge in [0.2, 0.25) is 5.91 Å². The highest BCUT2D eigenvalue weighted by molar-refractivity contribution is 7.86. The Kier molecular flexibility index (Phi) is 5.95. The molecule has 1 aliphatic rings. The first-order valence-electron chi connectivity index (χ1n) is 9.25. The summed E-state index contributed by atoms with van der Waals surface area (Å²) in [7, 11) is -0.549. The number of thiazole rings is 1. The van der Waals surface area contributed by atoms with Crippen molar-refractivity contribution in [2.75, 3.05) is 32.5 Å². The molecule has 1 saturated heterocycles. The van der Waals surface area contributed by atoms with Gasteiger partial charge in [0.05, 0.1) is 16.1 Å². The number of carbonyl (C=O) groups is 1. The van der Waals surface area contributed by atoms with E-state index in [1.807, 2.05) is 19.9 Å². The van der Waals surface area contributed by atoms with Gasteiger partial charge in [-0.2, -0.15) is 17.0 Å². The summed E-state index contributed by atoms with van der Waals surface area (Å²) in [6.45, 7) is 4.51. The molecule has 1 N–H and O–H groups in total. The monoisotopic (exact) mass is 426 g/mol. The highest BCUT2D eigenvalue weighted by atomic mass is 32.2. The summed E-state index contributed by atoms with van der Waals surface area (Å²) in [5.74, 6) is -0.605. The molecule has 1 aromatic heterocycles. The van der Waals surface area contributed by atoms with Crippen LogP contribution in [0, 0.1) is 5.92 Å². The van der Waals surface area contributed by atoms with Crippen LogP contribution in [0.5, 0.6) is 0 Å². The molecule has 0 spiro atoms. The van der Waals surface area contributed by atoms with Crippen molar-refractivity contribution in [3.05, 3.63) is 27.9 Å². The van der Waals surface area contributed by atoms with E-state index in [0.717, 1.165) is 21.6 Å². The molecule has 1 aromatic carbocycles. The van der Waals surface area contributed by atoms with E-state index in [-0.39, 0.29) is 23.4 Å². The second kappa shape index (κ2) is 7.94. The standard InChI is InChI=1S/C18H26N4O4S2/c1-12(2)22-15-8-7-14(10-16(15)27-18(22)24)19-17(23)13-6-5-9-21(11-13)28(25,26)20(3)4/h7-8,10,12-13H,5-6,9,11H2,1-4H3,(H,19,23)/t13-/m0/s1. The molecule has 3 rings (SSSR count). The molecule has 0 aliphatic carbocycles. The molecule has 0 bridgehead atoms. The zero-order valence-corrected chi connectivity index (χ0v) is 18.1. The van der Waals surface area contributed by atoms with Gasteiger partial charge in [0.15, 0.2) is 0 Å². The lowest BCUT2D eigenvalue weighted by molar-refractivity contribution is -0.120. The van der Waals surface area contributed by atoms with E-state index in [4.69, 9.17) is 0 Å². The zero-order valence-electron chi connectivity index (χ0n) is 16.5. The Labute approximate surface area is 168 Å². The average molecular weight is 427 g/mol. The summed E-state index contributed by atoms with van der Waals surface area (Å²) in [5.41, 5.74) is 1.46. The molecule has 2 aromatic rings. The van der Waals surface area contributed by atoms with Crippen molar-refractivity contribution >= 4 is 43.4 Å². The fourth-order valence-corrected chi connectivity index (χ4v) is 5.69. The molecule has 0 saturated carbocycles. The van der Waals surface area contributed by atoms with E-state index in [1.165, 1.54) is 22.7 Å². The van der Waals surface area contributed by atoms with Gasteiger partial charge in [-0.15, -0.1) is 0 Å². The highest BCUT2D eigenvalue weighted by Gasteiger charge is 2.33. The van der Waals surface area contributed by atoms with Crippen LogP contribution in [0.25, 0.3) is 10.2 Å². The van der Waals surface area contributed by atoms with Crippen LogP contribution in [0.15, 0.2) is 23.0 Å². The summed E-state index contributed by atoms with van der Waals surface area (Å²) >= 11 is 1.15. The molecule has 10 heteroatoms. The van der Waals surface area contributed by atoms with Gasteiger partial charge in [0.25, 0.3) is 10.2 Å². The van der Waals surface area contributed by atoms with Gasteiger partial charge in [-0.25, -0.2) is 0 Å². The number of amides is 1. The topological polar surface area (TPSA) is 91.7 Å². The van der Waals surface area contributed by atoms with Crippen molar-refractivity contribution < 1.29 is 13.2 Å². The normalized spacial score (nSPS) is 18.9. The lowest BCUT2D eigenvalue weighted by atomic mass is 9.98. The van der Waals surface area contributed by atoms with Crippen LogP contribution in [0.2, 0.25) is 0 Å². The Morgan fingerprint density at radius 3 is 2.68 bits per heavy atom. The maximum absolute atomic E-state index is 12.7. The summed E-state index contributed by atoms with van der Waals surface area (Å²) < 4.78 is 29.8. The summed E-state index contributed by atoms with van der Waals surface area (Å²) in [4.78, 5) is 24.9. The van der Waals surface area contributed by atoms with Crippen molar-refractivity contribution in [2.45, 2.75) is 32.7 Å². The Bertz CT molecular complexity index is 1040. The van der Waals surface area contributed by atoms with E-state index >= 15 is 0 Å². The largest absolute Gasteiger partial charge is 0.326 e. The number of hydrogen-bond acceptors (Lipinski definition) is 5. The Morgan fingerprint density at radius 2 is 2.04 bits per heavy atom. The van der Waals surface area contributed by atoms with Crippen molar-refractivity contribution in [1.29, 1.82) is 0 Å². The molecule has 0 unspecified atom stereocenters. The first-order chi connectivity index (χ1) is 13.1. The van der Waals surface area contributed by atoms with Crippen molar-refractivity contribution in [3.8, 4) is 0 Å². The van der Waals surface area contributed by atoms with E-state index < -0.39 is 16.1 Å². The van der Waals surface area contributed by atoms with Crippen molar-refractivity contribution in [1.82, 2.24) is 13.2 Å². The number of nitrogens with one attached hydrogen (secondary N) is 1. The molecular weight excluding hydrogens is 400 g/mol. The molecule has 8 nitrogen and oxygen atoms in total. The predicted molar refractivity (Wildman–Crippen MR) is 112 cm³/mol. The minimum atomic E-state index is -3.53. The summed E-state index contributed by atoms with van der Waals surface area (Å²) in [6.07, 6.45) is 1.29. The highest BCUT2D eigenvalue weighted by Crippen LogP contribution is 2.26. The third-order valence-corrected chi connectivity index (χ3v) is 7.77. The fraction of sp³-hybridized carbons (Fsp3) is 0.556. The number of fused-ring (bicyclic) bond motifs is 1. The number of benzene rings is 1. The number of piperidine rings is 1. The lowest BCUT2D eigenvalue weighted by Gasteiger charge is -2.32. The third-order valence-electron chi connectivity index (χ3n) is 4.94. The second-order valence-electron chi connectivity index (χ2n) is 7.49. The van der Waals surface area contributed by atoms with Gasteiger partial charge in [0.1, 0.15) is 0 Å². The first-order valence-corrected chi connectivity index (χ1v) is 11.5. The van der Waals surface area contributed by atoms with Gasteiger partial charge < -0.3 is 5.32 Å². The van der Waals surface area contributed by atoms with Gasteiger partial charge in [-0.3, -0.25) is 14.2 Å². The predicted octanol–water partition coefficient (Wildman–Crippen LogP) is 2.10. The van der Waals surface area contributed by atoms with E-state index in [2.05, 4.69) is 5.32 Å². The summed E-state index contributed by atoms with van der Waals surface area (Å²) in [5, 5.41) is 2.88. The van der Waals surface area contributed by atoms with Crippen LogP contribution >= 0.6 is 11.3 Å². The smallest absolute Gasteiger partial charge is 0.308 e. The third kappa shape index (κ3) is 4.00. The Hall–Kier alpha value is -1.75. The van der Waals surface area contributed by atoms with Crippen LogP contribution in [-0.2, 0) is 15.0 Å². The maximum atomic E-state index is 12.7. The van der Waals surface area contributed by atoms with Gasteiger partial charge in [-0.05, 0) is 44.9 Å². The molecule has 1 fully saturated rings. The number of hydrogen-bond donors (Lipinski definition) is 1. The van der Waals surface area contributed by atoms with Gasteiger partial charge in [-0.1, -0.05) is 11.3 Å². The van der Waals surface area contributed by atoms with Crippen LogP contribution in [0.1, 0.15) is 32.7 Å². The van der Waals surface area contributed by atoms with E-state index in [9.17, 15) is 18.0 Å². The first kappa shape index (κ1) is 21.0. The van der Waals surface area contributed by atoms with Crippen LogP contribution in [0.4, 0.5) is 5.69 Å². The number of aromatic nitrogens is 1. The minimum Gasteiger partial charge on any atom is -0.326 e. The van der Waals surface area contributed by atoms with Crippen LogP contribution < -0.4 is 10.2 Å². The lowest BCUT2D eigenvalue weighted by Crippen LogP contribution is -2.47. The zero-order chi connectivity index (χ0) is 20.6. The Morgan fingerprint density at radius 1 is 1.32 bits per heavy atom. The molecule has 1 aliphatic heterocycles. The summed E-state index contributed by atoms with van der Waals surface area (Å²) in [6, 6.07) is 5.48. The van der Waals surface area contributed by atoms with Crippen molar-refractivity contribution in [2.24, 2.45) is 5.92 Å². The molecule has 0 radical (unpaired) electrons. The Balaban J connectivity index is 1.76. The molecule has 1 atom stereocenters. The molecular formula is C18H26N4O4S2.